The first-order chi connectivity index (χ1) is 17.1. The summed E-state index contributed by atoms with van der Waals surface area (Å²) in [7, 11) is 0. The van der Waals surface area contributed by atoms with Gasteiger partial charge in [0.15, 0.2) is 0 Å². The van der Waals surface area contributed by atoms with Crippen LogP contribution in [-0.4, -0.2) is 36.1 Å². The third-order valence-electron chi connectivity index (χ3n) is 5.29. The van der Waals surface area contributed by atoms with Crippen LogP contribution in [-0.2, 0) is 9.53 Å². The molecule has 1 heterocycles. The van der Waals surface area contributed by atoms with E-state index in [1.165, 1.54) is 6.21 Å². The zero-order chi connectivity index (χ0) is 26.2. The van der Waals surface area contributed by atoms with Crippen LogP contribution >= 0.6 is 0 Å². The van der Waals surface area contributed by atoms with E-state index in [-0.39, 0.29) is 23.9 Å². The van der Waals surface area contributed by atoms with Crippen molar-refractivity contribution in [3.8, 4) is 11.3 Å². The average Bonchev–Trinajstić information content (AvgIpc) is 3.31. The van der Waals surface area contributed by atoms with Crippen molar-refractivity contribution in [1.82, 2.24) is 10.7 Å². The Hall–Kier alpha value is -4.20. The molecular weight excluding hydrogens is 458 g/mol. The minimum absolute atomic E-state index is 0.148. The second-order valence-electron chi connectivity index (χ2n) is 9.03. The number of ether oxygens (including phenoxy) is 1. The molecule has 8 heteroatoms. The fraction of sp³-hybridized carbons (Fsp3) is 0.286. The molecule has 0 saturated heterocycles. The van der Waals surface area contributed by atoms with E-state index < -0.39 is 11.9 Å². The van der Waals surface area contributed by atoms with Crippen LogP contribution in [0.4, 0.5) is 0 Å². The van der Waals surface area contributed by atoms with Crippen molar-refractivity contribution in [3.05, 3.63) is 83.1 Å². The lowest BCUT2D eigenvalue weighted by atomic mass is 10.0. The summed E-state index contributed by atoms with van der Waals surface area (Å²) in [6, 6.07) is 16.7. The first-order valence-corrected chi connectivity index (χ1v) is 11.8. The standard InChI is InChI=1S/C28H31N3O5/c1-17(2)25(30-26(32)21-8-6-19(5)7-9-21)27(33)31-29-16-23-14-15-24(36-23)20-10-12-22(13-11-20)28(34)35-18(3)4/h6-18,25H,1-5H3,(H,30,32)(H,31,33). The highest BCUT2D eigenvalue weighted by atomic mass is 16.5. The van der Waals surface area contributed by atoms with Crippen molar-refractivity contribution in [2.75, 3.05) is 0 Å². The Labute approximate surface area is 210 Å². The predicted molar refractivity (Wildman–Crippen MR) is 138 cm³/mol. The molecule has 0 aliphatic heterocycles. The van der Waals surface area contributed by atoms with Gasteiger partial charge in [0.05, 0.1) is 17.9 Å². The molecule has 2 amide bonds. The Kier molecular flexibility index (Phi) is 8.78. The Bertz CT molecular complexity index is 1220. The van der Waals surface area contributed by atoms with Crippen LogP contribution in [0, 0.1) is 12.8 Å². The van der Waals surface area contributed by atoms with Gasteiger partial charge >= 0.3 is 5.97 Å². The van der Waals surface area contributed by atoms with Gasteiger partial charge in [-0.3, -0.25) is 9.59 Å². The molecule has 0 spiro atoms. The van der Waals surface area contributed by atoms with E-state index in [2.05, 4.69) is 15.8 Å². The monoisotopic (exact) mass is 489 g/mol. The van der Waals surface area contributed by atoms with Gasteiger partial charge in [-0.2, -0.15) is 5.10 Å². The van der Waals surface area contributed by atoms with Gasteiger partial charge in [0.1, 0.15) is 17.6 Å². The van der Waals surface area contributed by atoms with Gasteiger partial charge in [-0.1, -0.05) is 43.7 Å². The summed E-state index contributed by atoms with van der Waals surface area (Å²) in [6.45, 7) is 9.22. The molecule has 1 aromatic heterocycles. The smallest absolute Gasteiger partial charge is 0.338 e. The molecule has 3 aromatic rings. The fourth-order valence-electron chi connectivity index (χ4n) is 3.32. The Morgan fingerprint density at radius 3 is 2.14 bits per heavy atom. The molecule has 188 valence electrons. The Balaban J connectivity index is 1.59. The first-order valence-electron chi connectivity index (χ1n) is 11.8. The minimum Gasteiger partial charge on any atom is -0.459 e. The fourth-order valence-corrected chi connectivity index (χ4v) is 3.32. The lowest BCUT2D eigenvalue weighted by Gasteiger charge is -2.20. The van der Waals surface area contributed by atoms with Crippen LogP contribution in [0.3, 0.4) is 0 Å². The maximum absolute atomic E-state index is 12.7. The molecule has 0 radical (unpaired) electrons. The number of aryl methyl sites for hydroxylation is 1. The van der Waals surface area contributed by atoms with Gasteiger partial charge in [0, 0.05) is 11.1 Å². The summed E-state index contributed by atoms with van der Waals surface area (Å²) in [5, 5.41) is 6.75. The number of hydrogen-bond donors (Lipinski definition) is 2. The molecule has 2 N–H and O–H groups in total. The molecule has 0 fully saturated rings. The first kappa shape index (κ1) is 26.4. The number of carbonyl (C=O) groups is 3. The van der Waals surface area contributed by atoms with Crippen LogP contribution in [0.25, 0.3) is 11.3 Å². The van der Waals surface area contributed by atoms with E-state index in [9.17, 15) is 14.4 Å². The third kappa shape index (κ3) is 7.15. The van der Waals surface area contributed by atoms with Gasteiger partial charge in [-0.15, -0.1) is 0 Å². The second kappa shape index (κ2) is 12.0. The number of rotatable bonds is 9. The van der Waals surface area contributed by atoms with Crippen LogP contribution in [0.2, 0.25) is 0 Å². The van der Waals surface area contributed by atoms with Crippen molar-refractivity contribution in [2.45, 2.75) is 46.8 Å². The molecule has 36 heavy (non-hydrogen) atoms. The molecule has 1 unspecified atom stereocenters. The number of hydrazone groups is 1. The molecule has 3 rings (SSSR count). The number of hydrogen-bond acceptors (Lipinski definition) is 6. The van der Waals surface area contributed by atoms with Gasteiger partial charge in [0.2, 0.25) is 0 Å². The van der Waals surface area contributed by atoms with Crippen molar-refractivity contribution in [1.29, 1.82) is 0 Å². The number of furan rings is 1. The maximum Gasteiger partial charge on any atom is 0.338 e. The van der Waals surface area contributed by atoms with E-state index in [1.54, 1.807) is 62.4 Å². The molecule has 1 atom stereocenters. The van der Waals surface area contributed by atoms with Gasteiger partial charge in [-0.05, 0) is 63.1 Å². The highest BCUT2D eigenvalue weighted by Crippen LogP contribution is 2.22. The molecule has 0 saturated carbocycles. The molecule has 0 aliphatic rings. The summed E-state index contributed by atoms with van der Waals surface area (Å²) < 4.78 is 11.0. The van der Waals surface area contributed by atoms with Crippen LogP contribution < -0.4 is 10.7 Å². The van der Waals surface area contributed by atoms with E-state index in [0.717, 1.165) is 11.1 Å². The summed E-state index contributed by atoms with van der Waals surface area (Å²) in [5.74, 6) is -0.278. The lowest BCUT2D eigenvalue weighted by Crippen LogP contribution is -2.48. The number of nitrogens with one attached hydrogen (secondary N) is 2. The number of benzene rings is 2. The van der Waals surface area contributed by atoms with E-state index >= 15 is 0 Å². The normalized spacial score (nSPS) is 12.1. The third-order valence-corrected chi connectivity index (χ3v) is 5.29. The Morgan fingerprint density at radius 1 is 0.889 bits per heavy atom. The topological polar surface area (TPSA) is 110 Å². The second-order valence-corrected chi connectivity index (χ2v) is 9.03. The highest BCUT2D eigenvalue weighted by molar-refractivity contribution is 5.97. The van der Waals surface area contributed by atoms with Crippen LogP contribution in [0.1, 0.15) is 59.7 Å². The van der Waals surface area contributed by atoms with Gasteiger partial charge in [0.25, 0.3) is 11.8 Å². The van der Waals surface area contributed by atoms with Crippen molar-refractivity contribution in [3.63, 3.8) is 0 Å². The summed E-state index contributed by atoms with van der Waals surface area (Å²) in [6.07, 6.45) is 1.19. The van der Waals surface area contributed by atoms with Crippen LogP contribution in [0.5, 0.6) is 0 Å². The van der Waals surface area contributed by atoms with Gasteiger partial charge < -0.3 is 14.5 Å². The van der Waals surface area contributed by atoms with Crippen molar-refractivity contribution < 1.29 is 23.5 Å². The quantitative estimate of drug-likeness (QED) is 0.257. The number of carbonyl (C=O) groups excluding carboxylic acids is 3. The maximum atomic E-state index is 12.7. The Morgan fingerprint density at radius 2 is 1.53 bits per heavy atom. The SMILES string of the molecule is Cc1ccc(C(=O)NC(C(=O)NN=Cc2ccc(-c3ccc(C(=O)OC(C)C)cc3)o2)C(C)C)cc1. The zero-order valence-electron chi connectivity index (χ0n) is 21.1. The summed E-state index contributed by atoms with van der Waals surface area (Å²) in [4.78, 5) is 37.2. The number of nitrogens with zero attached hydrogens (tertiary/aromatic N) is 1. The predicted octanol–water partition coefficient (Wildman–Crippen LogP) is 4.72. The van der Waals surface area contributed by atoms with Crippen molar-refractivity contribution >= 4 is 24.0 Å². The molecule has 8 nitrogen and oxygen atoms in total. The van der Waals surface area contributed by atoms with Crippen LogP contribution in [0.15, 0.2) is 70.2 Å². The molecular formula is C28H31N3O5. The molecule has 0 bridgehead atoms. The largest absolute Gasteiger partial charge is 0.459 e. The number of amides is 2. The zero-order valence-corrected chi connectivity index (χ0v) is 21.1. The van der Waals surface area contributed by atoms with E-state index in [0.29, 0.717) is 22.6 Å². The van der Waals surface area contributed by atoms with E-state index in [1.807, 2.05) is 32.9 Å². The highest BCUT2D eigenvalue weighted by Gasteiger charge is 2.24. The summed E-state index contributed by atoms with van der Waals surface area (Å²) >= 11 is 0. The van der Waals surface area contributed by atoms with Gasteiger partial charge in [-0.25, -0.2) is 10.2 Å². The minimum atomic E-state index is -0.760. The lowest BCUT2D eigenvalue weighted by molar-refractivity contribution is -0.123. The van der Waals surface area contributed by atoms with E-state index in [4.69, 9.17) is 9.15 Å². The summed E-state index contributed by atoms with van der Waals surface area (Å²) in [5.41, 5.74) is 5.23. The average molecular weight is 490 g/mol. The molecule has 2 aromatic carbocycles. The molecule has 0 aliphatic carbocycles. The number of esters is 1. The van der Waals surface area contributed by atoms with Crippen molar-refractivity contribution in [2.24, 2.45) is 11.0 Å².